The Hall–Kier alpha value is -2.16. The van der Waals surface area contributed by atoms with E-state index in [1.807, 2.05) is 31.2 Å². The highest BCUT2D eigenvalue weighted by Crippen LogP contribution is 2.19. The lowest BCUT2D eigenvalue weighted by atomic mass is 10.1. The second kappa shape index (κ2) is 5.45. The number of esters is 1. The molecule has 0 aliphatic carbocycles. The molecule has 0 atom stereocenters. The molecular weight excluding hydrogens is 226 g/mol. The Labute approximate surface area is 106 Å². The largest absolute Gasteiger partial charge is 0.463 e. The van der Waals surface area contributed by atoms with Gasteiger partial charge >= 0.3 is 5.97 Å². The number of hydrogen-bond donors (Lipinski definition) is 0. The highest BCUT2D eigenvalue weighted by molar-refractivity contribution is 5.89. The van der Waals surface area contributed by atoms with Crippen molar-refractivity contribution in [1.82, 2.24) is 4.98 Å². The molecule has 0 saturated carbocycles. The minimum atomic E-state index is -0.318. The number of carbonyl (C=O) groups is 1. The first-order valence-corrected chi connectivity index (χ1v) is 5.91. The van der Waals surface area contributed by atoms with Crippen LogP contribution in [0, 0.1) is 6.92 Å². The molecule has 92 valence electrons. The van der Waals surface area contributed by atoms with Crippen LogP contribution in [0.15, 0.2) is 36.5 Å². The fourth-order valence-electron chi connectivity index (χ4n) is 1.85. The van der Waals surface area contributed by atoms with Crippen LogP contribution in [-0.2, 0) is 9.53 Å². The van der Waals surface area contributed by atoms with E-state index in [0.29, 0.717) is 6.61 Å². The van der Waals surface area contributed by atoms with Gasteiger partial charge in [-0.2, -0.15) is 0 Å². The van der Waals surface area contributed by atoms with E-state index in [1.165, 1.54) is 6.08 Å². The Kier molecular flexibility index (Phi) is 3.72. The standard InChI is InChI=1S/C15H15NO2/c1-3-18-14(17)7-6-12-9-11(2)15-13(10-12)5-4-8-16-15/h4-10H,3H2,1-2H3/b7-6+. The molecule has 3 heteroatoms. The predicted molar refractivity (Wildman–Crippen MR) is 72.1 cm³/mol. The normalized spacial score (nSPS) is 11.0. The monoisotopic (exact) mass is 241 g/mol. The highest BCUT2D eigenvalue weighted by atomic mass is 16.5. The summed E-state index contributed by atoms with van der Waals surface area (Å²) >= 11 is 0. The predicted octanol–water partition coefficient (Wildman–Crippen LogP) is 3.12. The Morgan fingerprint density at radius 3 is 3.06 bits per heavy atom. The van der Waals surface area contributed by atoms with Crippen LogP contribution in [0.1, 0.15) is 18.1 Å². The molecule has 3 nitrogen and oxygen atoms in total. The Balaban J connectivity index is 2.32. The first-order chi connectivity index (χ1) is 8.70. The summed E-state index contributed by atoms with van der Waals surface area (Å²) in [5.41, 5.74) is 3.06. The van der Waals surface area contributed by atoms with E-state index in [4.69, 9.17) is 4.74 Å². The first-order valence-electron chi connectivity index (χ1n) is 5.91. The fourth-order valence-corrected chi connectivity index (χ4v) is 1.85. The first kappa shape index (κ1) is 12.3. The van der Waals surface area contributed by atoms with Crippen molar-refractivity contribution in [2.24, 2.45) is 0 Å². The molecule has 0 N–H and O–H groups in total. The van der Waals surface area contributed by atoms with Crippen molar-refractivity contribution in [2.45, 2.75) is 13.8 Å². The topological polar surface area (TPSA) is 39.2 Å². The maximum Gasteiger partial charge on any atom is 0.330 e. The summed E-state index contributed by atoms with van der Waals surface area (Å²) in [5, 5.41) is 1.07. The maximum absolute atomic E-state index is 11.2. The van der Waals surface area contributed by atoms with Crippen LogP contribution in [0.5, 0.6) is 0 Å². The number of ether oxygens (including phenoxy) is 1. The van der Waals surface area contributed by atoms with E-state index in [-0.39, 0.29) is 5.97 Å². The Morgan fingerprint density at radius 1 is 1.44 bits per heavy atom. The van der Waals surface area contributed by atoms with Crippen molar-refractivity contribution in [2.75, 3.05) is 6.61 Å². The van der Waals surface area contributed by atoms with Crippen LogP contribution in [0.25, 0.3) is 17.0 Å². The van der Waals surface area contributed by atoms with Gasteiger partial charge in [0.15, 0.2) is 0 Å². The van der Waals surface area contributed by atoms with Gasteiger partial charge in [0.25, 0.3) is 0 Å². The van der Waals surface area contributed by atoms with Crippen LogP contribution in [0.2, 0.25) is 0 Å². The number of fused-ring (bicyclic) bond motifs is 1. The van der Waals surface area contributed by atoms with Crippen molar-refractivity contribution in [3.05, 3.63) is 47.7 Å². The number of aryl methyl sites for hydroxylation is 1. The average molecular weight is 241 g/mol. The lowest BCUT2D eigenvalue weighted by Crippen LogP contribution is -1.98. The van der Waals surface area contributed by atoms with Gasteiger partial charge in [0.05, 0.1) is 12.1 Å². The molecule has 0 radical (unpaired) electrons. The maximum atomic E-state index is 11.2. The van der Waals surface area contributed by atoms with Gasteiger partial charge in [-0.05, 0) is 49.2 Å². The lowest BCUT2D eigenvalue weighted by Gasteiger charge is -2.03. The van der Waals surface area contributed by atoms with Crippen molar-refractivity contribution >= 4 is 22.9 Å². The van der Waals surface area contributed by atoms with Crippen LogP contribution in [-0.4, -0.2) is 17.6 Å². The third-order valence-corrected chi connectivity index (χ3v) is 2.62. The van der Waals surface area contributed by atoms with Gasteiger partial charge < -0.3 is 4.74 Å². The van der Waals surface area contributed by atoms with Gasteiger partial charge in [0.2, 0.25) is 0 Å². The summed E-state index contributed by atoms with van der Waals surface area (Å²) < 4.78 is 4.84. The fraction of sp³-hybridized carbons (Fsp3) is 0.200. The molecule has 1 aromatic heterocycles. The number of rotatable bonds is 3. The van der Waals surface area contributed by atoms with E-state index >= 15 is 0 Å². The van der Waals surface area contributed by atoms with Crippen molar-refractivity contribution in [3.8, 4) is 0 Å². The molecule has 1 aromatic carbocycles. The molecule has 0 saturated heterocycles. The van der Waals surface area contributed by atoms with Gasteiger partial charge in [0.1, 0.15) is 0 Å². The van der Waals surface area contributed by atoms with Crippen LogP contribution in [0.3, 0.4) is 0 Å². The van der Waals surface area contributed by atoms with E-state index in [9.17, 15) is 4.79 Å². The molecule has 18 heavy (non-hydrogen) atoms. The van der Waals surface area contributed by atoms with E-state index in [0.717, 1.165) is 22.0 Å². The zero-order valence-corrected chi connectivity index (χ0v) is 10.5. The zero-order chi connectivity index (χ0) is 13.0. The second-order valence-electron chi connectivity index (χ2n) is 4.00. The van der Waals surface area contributed by atoms with Crippen molar-refractivity contribution in [3.63, 3.8) is 0 Å². The lowest BCUT2D eigenvalue weighted by molar-refractivity contribution is -0.137. The molecule has 0 spiro atoms. The Morgan fingerprint density at radius 2 is 2.28 bits per heavy atom. The van der Waals surface area contributed by atoms with E-state index in [2.05, 4.69) is 4.98 Å². The summed E-state index contributed by atoms with van der Waals surface area (Å²) in [4.78, 5) is 15.6. The van der Waals surface area contributed by atoms with E-state index in [1.54, 1.807) is 19.2 Å². The van der Waals surface area contributed by atoms with Crippen molar-refractivity contribution < 1.29 is 9.53 Å². The quantitative estimate of drug-likeness (QED) is 0.612. The minimum absolute atomic E-state index is 0.318. The summed E-state index contributed by atoms with van der Waals surface area (Å²) in [5.74, 6) is -0.318. The van der Waals surface area contributed by atoms with Gasteiger partial charge in [-0.3, -0.25) is 4.98 Å². The SMILES string of the molecule is CCOC(=O)/C=C/c1cc(C)c2ncccc2c1. The molecule has 0 fully saturated rings. The zero-order valence-electron chi connectivity index (χ0n) is 10.5. The molecule has 2 aromatic rings. The third kappa shape index (κ3) is 2.74. The third-order valence-electron chi connectivity index (χ3n) is 2.62. The summed E-state index contributed by atoms with van der Waals surface area (Å²) in [6.45, 7) is 4.19. The molecule has 1 heterocycles. The van der Waals surface area contributed by atoms with Crippen LogP contribution in [0.4, 0.5) is 0 Å². The number of hydrogen-bond acceptors (Lipinski definition) is 3. The van der Waals surface area contributed by atoms with Crippen molar-refractivity contribution in [1.29, 1.82) is 0 Å². The smallest absolute Gasteiger partial charge is 0.330 e. The number of carbonyl (C=O) groups excluding carboxylic acids is 1. The molecule has 0 aliphatic rings. The van der Waals surface area contributed by atoms with Gasteiger partial charge in [-0.1, -0.05) is 6.07 Å². The van der Waals surface area contributed by atoms with Crippen LogP contribution < -0.4 is 0 Å². The summed E-state index contributed by atoms with van der Waals surface area (Å²) in [6, 6.07) is 7.92. The summed E-state index contributed by atoms with van der Waals surface area (Å²) in [6.07, 6.45) is 4.99. The van der Waals surface area contributed by atoms with Crippen LogP contribution >= 0.6 is 0 Å². The molecule has 2 rings (SSSR count). The second-order valence-corrected chi connectivity index (χ2v) is 4.00. The molecule has 0 bridgehead atoms. The number of benzene rings is 1. The average Bonchev–Trinajstić information content (AvgIpc) is 2.37. The minimum Gasteiger partial charge on any atom is -0.463 e. The van der Waals surface area contributed by atoms with Gasteiger partial charge in [-0.15, -0.1) is 0 Å². The Bertz CT molecular complexity index is 602. The number of aromatic nitrogens is 1. The highest BCUT2D eigenvalue weighted by Gasteiger charge is 2.00. The number of pyridine rings is 1. The van der Waals surface area contributed by atoms with Gasteiger partial charge in [0, 0.05) is 17.7 Å². The molecule has 0 unspecified atom stereocenters. The molecule has 0 amide bonds. The summed E-state index contributed by atoms with van der Waals surface area (Å²) in [7, 11) is 0. The van der Waals surface area contributed by atoms with E-state index < -0.39 is 0 Å². The number of nitrogens with zero attached hydrogens (tertiary/aromatic N) is 1. The molecular formula is C15H15NO2. The van der Waals surface area contributed by atoms with Gasteiger partial charge in [-0.25, -0.2) is 4.79 Å². The molecule has 0 aliphatic heterocycles.